The number of hydrogen-bond donors (Lipinski definition) is 1. The molecule has 1 amide bonds. The molecule has 0 fully saturated rings. The van der Waals surface area contributed by atoms with Gasteiger partial charge in [0.25, 0.3) is 0 Å². The highest BCUT2D eigenvalue weighted by molar-refractivity contribution is 6.33. The molecular weight excluding hydrogens is 292 g/mol. The lowest BCUT2D eigenvalue weighted by atomic mass is 10.3. The van der Waals surface area contributed by atoms with Crippen molar-refractivity contribution in [3.63, 3.8) is 0 Å². The quantitative estimate of drug-likeness (QED) is 0.833. The zero-order valence-electron chi connectivity index (χ0n) is 12.6. The Morgan fingerprint density at radius 1 is 1.48 bits per heavy atom. The number of aryl methyl sites for hydroxylation is 1. The lowest BCUT2D eigenvalue weighted by Crippen LogP contribution is -2.38. The molecule has 2 aromatic heterocycles. The molecule has 0 atom stereocenters. The predicted molar refractivity (Wildman–Crippen MR) is 80.9 cm³/mol. The lowest BCUT2D eigenvalue weighted by Gasteiger charge is -2.16. The standard InChI is InChI=1S/C13H19ClN6O/c1-8(2)16-11(21)7-19(3)6-10-17-12(14)9-5-15-20(4)13(9)18-10/h5,8H,6-7H2,1-4H3,(H,16,21). The van der Waals surface area contributed by atoms with Gasteiger partial charge in [-0.1, -0.05) is 11.6 Å². The van der Waals surface area contributed by atoms with Crippen molar-refractivity contribution in [1.29, 1.82) is 0 Å². The van der Waals surface area contributed by atoms with Crippen molar-refractivity contribution in [1.82, 2.24) is 30.0 Å². The number of nitrogens with one attached hydrogen (secondary N) is 1. The van der Waals surface area contributed by atoms with E-state index >= 15 is 0 Å². The number of rotatable bonds is 5. The van der Waals surface area contributed by atoms with Gasteiger partial charge in [0.05, 0.1) is 24.7 Å². The van der Waals surface area contributed by atoms with Crippen LogP contribution in [0.4, 0.5) is 0 Å². The average Bonchev–Trinajstić information content (AvgIpc) is 2.70. The van der Waals surface area contributed by atoms with Crippen molar-refractivity contribution in [3.8, 4) is 0 Å². The molecule has 0 aliphatic carbocycles. The first-order valence-electron chi connectivity index (χ1n) is 6.69. The number of fused-ring (bicyclic) bond motifs is 1. The number of aromatic nitrogens is 4. The molecule has 0 bridgehead atoms. The molecule has 0 saturated heterocycles. The maximum absolute atomic E-state index is 11.7. The van der Waals surface area contributed by atoms with Crippen LogP contribution in [0.3, 0.4) is 0 Å². The van der Waals surface area contributed by atoms with Gasteiger partial charge in [-0.05, 0) is 20.9 Å². The first-order valence-corrected chi connectivity index (χ1v) is 7.06. The maximum Gasteiger partial charge on any atom is 0.234 e. The van der Waals surface area contributed by atoms with E-state index in [1.807, 2.05) is 25.8 Å². The number of halogens is 1. The second-order valence-corrected chi connectivity index (χ2v) is 5.69. The summed E-state index contributed by atoms with van der Waals surface area (Å²) in [6.07, 6.45) is 1.64. The van der Waals surface area contributed by atoms with Gasteiger partial charge in [0.15, 0.2) is 5.65 Å². The fourth-order valence-electron chi connectivity index (χ4n) is 2.01. The van der Waals surface area contributed by atoms with E-state index < -0.39 is 0 Å². The third-order valence-electron chi connectivity index (χ3n) is 2.87. The molecule has 0 aromatic carbocycles. The van der Waals surface area contributed by atoms with Crippen LogP contribution < -0.4 is 5.32 Å². The van der Waals surface area contributed by atoms with E-state index in [2.05, 4.69) is 20.4 Å². The second kappa shape index (κ2) is 6.36. The highest BCUT2D eigenvalue weighted by Crippen LogP contribution is 2.19. The minimum absolute atomic E-state index is 0.0276. The molecule has 7 nitrogen and oxygen atoms in total. The van der Waals surface area contributed by atoms with Gasteiger partial charge in [-0.15, -0.1) is 0 Å². The number of carbonyl (C=O) groups excluding carboxylic acids is 1. The number of nitrogens with zero attached hydrogens (tertiary/aromatic N) is 5. The Kier molecular flexibility index (Phi) is 4.74. The van der Waals surface area contributed by atoms with Crippen molar-refractivity contribution in [2.24, 2.45) is 7.05 Å². The minimum Gasteiger partial charge on any atom is -0.353 e. The van der Waals surface area contributed by atoms with Gasteiger partial charge in [0.2, 0.25) is 5.91 Å². The molecule has 2 rings (SSSR count). The molecule has 0 radical (unpaired) electrons. The van der Waals surface area contributed by atoms with E-state index in [1.54, 1.807) is 17.9 Å². The zero-order chi connectivity index (χ0) is 15.6. The van der Waals surface area contributed by atoms with Gasteiger partial charge < -0.3 is 5.32 Å². The largest absolute Gasteiger partial charge is 0.353 e. The molecule has 0 aliphatic rings. The Morgan fingerprint density at radius 3 is 2.86 bits per heavy atom. The van der Waals surface area contributed by atoms with Crippen LogP contribution in [-0.2, 0) is 18.4 Å². The molecule has 114 valence electrons. The second-order valence-electron chi connectivity index (χ2n) is 5.33. The van der Waals surface area contributed by atoms with Crippen molar-refractivity contribution >= 4 is 28.5 Å². The smallest absolute Gasteiger partial charge is 0.234 e. The van der Waals surface area contributed by atoms with Crippen LogP contribution in [0.5, 0.6) is 0 Å². The van der Waals surface area contributed by atoms with Gasteiger partial charge in [-0.25, -0.2) is 9.97 Å². The predicted octanol–water partition coefficient (Wildman–Crippen LogP) is 0.973. The molecule has 0 spiro atoms. The Labute approximate surface area is 128 Å². The molecular formula is C13H19ClN6O. The van der Waals surface area contributed by atoms with Crippen LogP contribution in [-0.4, -0.2) is 50.2 Å². The summed E-state index contributed by atoms with van der Waals surface area (Å²) in [6, 6.07) is 0.127. The van der Waals surface area contributed by atoms with Crippen LogP contribution >= 0.6 is 11.6 Å². The van der Waals surface area contributed by atoms with Crippen molar-refractivity contribution in [3.05, 3.63) is 17.2 Å². The summed E-state index contributed by atoms with van der Waals surface area (Å²) in [5.41, 5.74) is 0.685. The molecule has 0 aliphatic heterocycles. The molecule has 1 N–H and O–H groups in total. The molecule has 2 aromatic rings. The first-order chi connectivity index (χ1) is 9.86. The summed E-state index contributed by atoms with van der Waals surface area (Å²) in [7, 11) is 3.64. The highest BCUT2D eigenvalue weighted by Gasteiger charge is 2.13. The Bertz CT molecular complexity index is 653. The van der Waals surface area contributed by atoms with Crippen molar-refractivity contribution in [2.45, 2.75) is 26.4 Å². The summed E-state index contributed by atoms with van der Waals surface area (Å²) >= 11 is 6.13. The van der Waals surface area contributed by atoms with Gasteiger partial charge in [-0.3, -0.25) is 14.4 Å². The Hall–Kier alpha value is -1.73. The topological polar surface area (TPSA) is 75.9 Å². The van der Waals surface area contributed by atoms with Crippen LogP contribution in [0.25, 0.3) is 11.0 Å². The number of likely N-dealkylation sites (N-methyl/N-ethyl adjacent to an activating group) is 1. The summed E-state index contributed by atoms with van der Waals surface area (Å²) in [5.74, 6) is 0.538. The van der Waals surface area contributed by atoms with E-state index in [1.165, 1.54) is 0 Å². The van der Waals surface area contributed by atoms with Gasteiger partial charge in [0.1, 0.15) is 11.0 Å². The Morgan fingerprint density at radius 2 is 2.19 bits per heavy atom. The van der Waals surface area contributed by atoms with E-state index in [4.69, 9.17) is 11.6 Å². The van der Waals surface area contributed by atoms with Crippen LogP contribution in [0, 0.1) is 0 Å². The number of amides is 1. The fourth-order valence-corrected chi connectivity index (χ4v) is 2.24. The molecule has 21 heavy (non-hydrogen) atoms. The van der Waals surface area contributed by atoms with Crippen LogP contribution in [0.15, 0.2) is 6.20 Å². The number of hydrogen-bond acceptors (Lipinski definition) is 5. The SMILES string of the molecule is CC(C)NC(=O)CN(C)Cc1nc(Cl)c2cnn(C)c2n1. The van der Waals surface area contributed by atoms with E-state index in [9.17, 15) is 4.79 Å². The summed E-state index contributed by atoms with van der Waals surface area (Å²) in [5, 5.41) is 8.06. The molecule has 2 heterocycles. The normalized spacial score (nSPS) is 11.6. The molecule has 8 heteroatoms. The molecule has 0 unspecified atom stereocenters. The van der Waals surface area contributed by atoms with Crippen molar-refractivity contribution in [2.75, 3.05) is 13.6 Å². The summed E-state index contributed by atoms with van der Waals surface area (Å²) in [4.78, 5) is 22.2. The van der Waals surface area contributed by atoms with Crippen molar-refractivity contribution < 1.29 is 4.79 Å². The third-order valence-corrected chi connectivity index (χ3v) is 3.15. The zero-order valence-corrected chi connectivity index (χ0v) is 13.3. The lowest BCUT2D eigenvalue weighted by molar-refractivity contribution is -0.122. The third kappa shape index (κ3) is 3.89. The highest BCUT2D eigenvalue weighted by atomic mass is 35.5. The van der Waals surface area contributed by atoms with E-state index in [-0.39, 0.29) is 18.5 Å². The summed E-state index contributed by atoms with van der Waals surface area (Å²) in [6.45, 7) is 4.57. The summed E-state index contributed by atoms with van der Waals surface area (Å²) < 4.78 is 1.65. The first kappa shape index (κ1) is 15.7. The van der Waals surface area contributed by atoms with E-state index in [0.717, 1.165) is 5.39 Å². The minimum atomic E-state index is -0.0276. The van der Waals surface area contributed by atoms with Gasteiger partial charge in [-0.2, -0.15) is 5.10 Å². The monoisotopic (exact) mass is 310 g/mol. The van der Waals surface area contributed by atoms with Crippen LogP contribution in [0.1, 0.15) is 19.7 Å². The maximum atomic E-state index is 11.7. The molecule has 0 saturated carbocycles. The Balaban J connectivity index is 2.09. The average molecular weight is 311 g/mol. The fraction of sp³-hybridized carbons (Fsp3) is 0.538. The number of carbonyl (C=O) groups is 1. The van der Waals surface area contributed by atoms with Gasteiger partial charge >= 0.3 is 0 Å². The van der Waals surface area contributed by atoms with Crippen LogP contribution in [0.2, 0.25) is 5.15 Å². The van der Waals surface area contributed by atoms with E-state index in [0.29, 0.717) is 23.2 Å². The van der Waals surface area contributed by atoms with Gasteiger partial charge in [0, 0.05) is 13.1 Å².